The third-order valence-electron chi connectivity index (χ3n) is 2.69. The Balaban J connectivity index is 2.35. The molecule has 2 aromatic rings. The molecule has 4 N–H and O–H groups in total. The number of aromatic nitrogens is 1. The average molecular weight is 479 g/mol. The molecule has 0 aliphatic heterocycles. The van der Waals surface area contributed by atoms with Gasteiger partial charge in [0.05, 0.1) is 16.9 Å². The molecule has 0 radical (unpaired) electrons. The lowest BCUT2D eigenvalue weighted by Gasteiger charge is -2.13. The van der Waals surface area contributed by atoms with Crippen LogP contribution in [0, 0.1) is 6.92 Å². The maximum atomic E-state index is 12.4. The van der Waals surface area contributed by atoms with E-state index in [-0.39, 0.29) is 5.91 Å². The summed E-state index contributed by atoms with van der Waals surface area (Å²) in [6, 6.07) is 5.40. The van der Waals surface area contributed by atoms with Gasteiger partial charge in [-0.2, -0.15) is 0 Å². The summed E-state index contributed by atoms with van der Waals surface area (Å²) in [7, 11) is 0. The summed E-state index contributed by atoms with van der Waals surface area (Å²) in [6.45, 7) is 1.82. The number of nitrogens with two attached hydrogens (primary N) is 1. The number of hydrogen-bond donors (Lipinski definition) is 3. The van der Waals surface area contributed by atoms with Gasteiger partial charge in [0.25, 0.3) is 5.91 Å². The number of hydrazine groups is 1. The summed E-state index contributed by atoms with van der Waals surface area (Å²) in [5, 5.41) is 2.83. The van der Waals surface area contributed by atoms with Crippen LogP contribution in [0.15, 0.2) is 37.8 Å². The number of anilines is 2. The number of carbonyl (C=O) groups is 1. The quantitative estimate of drug-likeness (QED) is 0.456. The lowest BCUT2D eigenvalue weighted by molar-refractivity contribution is 0.102. The Morgan fingerprint density at radius 3 is 2.38 bits per heavy atom. The Hall–Kier alpha value is -0.960. The summed E-state index contributed by atoms with van der Waals surface area (Å²) in [6.07, 6.45) is 1.49. The number of aryl methyl sites for hydroxylation is 1. The smallest absolute Gasteiger partial charge is 0.259 e. The SMILES string of the molecule is Cc1cc(NN)c(C(=O)Nc2c(Br)cc(Br)cc2Br)cn1. The first-order valence-corrected chi connectivity index (χ1v) is 8.19. The van der Waals surface area contributed by atoms with Crippen molar-refractivity contribution in [3.8, 4) is 0 Å². The molecule has 0 saturated heterocycles. The molecule has 0 bridgehead atoms. The fraction of sp³-hybridized carbons (Fsp3) is 0.0769. The van der Waals surface area contributed by atoms with Crippen molar-refractivity contribution in [2.45, 2.75) is 6.92 Å². The van der Waals surface area contributed by atoms with Crippen molar-refractivity contribution in [1.82, 2.24) is 4.98 Å². The number of carbonyl (C=O) groups excluding carboxylic acids is 1. The number of rotatable bonds is 3. The molecule has 0 aliphatic rings. The van der Waals surface area contributed by atoms with E-state index < -0.39 is 0 Å². The number of amides is 1. The van der Waals surface area contributed by atoms with Crippen molar-refractivity contribution in [2.24, 2.45) is 5.84 Å². The number of halogens is 3. The highest BCUT2D eigenvalue weighted by atomic mass is 79.9. The van der Waals surface area contributed by atoms with Gasteiger partial charge in [-0.3, -0.25) is 15.6 Å². The highest BCUT2D eigenvalue weighted by Gasteiger charge is 2.15. The van der Waals surface area contributed by atoms with E-state index in [1.54, 1.807) is 6.07 Å². The Bertz CT molecular complexity index is 683. The second-order valence-corrected chi connectivity index (χ2v) is 6.84. The Morgan fingerprint density at radius 2 is 1.81 bits per heavy atom. The zero-order chi connectivity index (χ0) is 15.6. The van der Waals surface area contributed by atoms with Gasteiger partial charge in [-0.05, 0) is 57.0 Å². The number of nitrogens with zero attached hydrogens (tertiary/aromatic N) is 1. The van der Waals surface area contributed by atoms with E-state index in [9.17, 15) is 4.79 Å². The molecule has 0 unspecified atom stereocenters. The van der Waals surface area contributed by atoms with Crippen LogP contribution in [0.4, 0.5) is 11.4 Å². The first kappa shape index (κ1) is 16.4. The van der Waals surface area contributed by atoms with Crippen LogP contribution in [0.5, 0.6) is 0 Å². The molecule has 0 atom stereocenters. The normalized spacial score (nSPS) is 10.3. The van der Waals surface area contributed by atoms with Gasteiger partial charge in [0.1, 0.15) is 0 Å². The molecule has 21 heavy (non-hydrogen) atoms. The molecular formula is C13H11Br3N4O. The van der Waals surface area contributed by atoms with Crippen molar-refractivity contribution < 1.29 is 4.79 Å². The van der Waals surface area contributed by atoms with E-state index in [4.69, 9.17) is 5.84 Å². The van der Waals surface area contributed by atoms with Crippen LogP contribution in [0.3, 0.4) is 0 Å². The molecule has 0 spiro atoms. The number of nitrogen functional groups attached to an aromatic ring is 1. The zero-order valence-electron chi connectivity index (χ0n) is 10.9. The third kappa shape index (κ3) is 3.82. The summed E-state index contributed by atoms with van der Waals surface area (Å²) in [4.78, 5) is 16.5. The second kappa shape index (κ2) is 6.87. The first-order chi connectivity index (χ1) is 9.92. The minimum atomic E-state index is -0.306. The number of hydrogen-bond acceptors (Lipinski definition) is 4. The Morgan fingerprint density at radius 1 is 1.19 bits per heavy atom. The summed E-state index contributed by atoms with van der Waals surface area (Å²) in [5.41, 5.74) is 4.79. The molecule has 8 heteroatoms. The van der Waals surface area contributed by atoms with Gasteiger partial charge in [0.2, 0.25) is 0 Å². The lowest BCUT2D eigenvalue weighted by Crippen LogP contribution is -2.18. The molecular weight excluding hydrogens is 468 g/mol. The zero-order valence-corrected chi connectivity index (χ0v) is 15.6. The maximum Gasteiger partial charge on any atom is 0.259 e. The molecule has 1 aromatic heterocycles. The van der Waals surface area contributed by atoms with E-state index in [0.29, 0.717) is 16.9 Å². The molecule has 0 fully saturated rings. The fourth-order valence-corrected chi connectivity index (χ4v) is 4.16. The first-order valence-electron chi connectivity index (χ1n) is 5.81. The largest absolute Gasteiger partial charge is 0.323 e. The van der Waals surface area contributed by atoms with E-state index in [2.05, 4.69) is 63.5 Å². The van der Waals surface area contributed by atoms with E-state index in [1.807, 2.05) is 19.1 Å². The number of pyridine rings is 1. The van der Waals surface area contributed by atoms with Crippen LogP contribution in [0.2, 0.25) is 0 Å². The standard InChI is InChI=1S/C13H11Br3N4O/c1-6-2-11(20-17)8(5-18-6)13(21)19-12-9(15)3-7(14)4-10(12)16/h2-5H,17H2,1H3,(H,18,20)(H,19,21). The van der Waals surface area contributed by atoms with Crippen LogP contribution < -0.4 is 16.6 Å². The number of benzene rings is 1. The van der Waals surface area contributed by atoms with Crippen LogP contribution in [-0.4, -0.2) is 10.9 Å². The Kier molecular flexibility index (Phi) is 5.37. The minimum Gasteiger partial charge on any atom is -0.323 e. The predicted octanol–water partition coefficient (Wildman–Crippen LogP) is 4.22. The molecule has 5 nitrogen and oxygen atoms in total. The van der Waals surface area contributed by atoms with Crippen molar-refractivity contribution in [2.75, 3.05) is 10.7 Å². The molecule has 2 rings (SSSR count). The molecule has 1 aromatic carbocycles. The third-order valence-corrected chi connectivity index (χ3v) is 4.39. The summed E-state index contributed by atoms with van der Waals surface area (Å²) < 4.78 is 2.39. The van der Waals surface area contributed by atoms with Crippen molar-refractivity contribution in [3.05, 3.63) is 49.1 Å². The van der Waals surface area contributed by atoms with Gasteiger partial charge in [0, 0.05) is 25.3 Å². The summed E-state index contributed by atoms with van der Waals surface area (Å²) >= 11 is 10.2. The molecule has 0 aliphatic carbocycles. The number of nitrogens with one attached hydrogen (secondary N) is 2. The van der Waals surface area contributed by atoms with E-state index in [0.717, 1.165) is 19.1 Å². The Labute approximate surface area is 147 Å². The highest BCUT2D eigenvalue weighted by molar-refractivity contribution is 9.11. The van der Waals surface area contributed by atoms with Gasteiger partial charge >= 0.3 is 0 Å². The van der Waals surface area contributed by atoms with Gasteiger partial charge in [0.15, 0.2) is 0 Å². The fourth-order valence-electron chi connectivity index (χ4n) is 1.70. The topological polar surface area (TPSA) is 80.0 Å². The minimum absolute atomic E-state index is 0.306. The van der Waals surface area contributed by atoms with Crippen LogP contribution in [0.1, 0.15) is 16.1 Å². The molecule has 110 valence electrons. The van der Waals surface area contributed by atoms with Crippen molar-refractivity contribution >= 4 is 65.1 Å². The van der Waals surface area contributed by atoms with E-state index in [1.165, 1.54) is 6.20 Å². The summed E-state index contributed by atoms with van der Waals surface area (Å²) in [5.74, 6) is 5.14. The van der Waals surface area contributed by atoms with E-state index >= 15 is 0 Å². The lowest BCUT2D eigenvalue weighted by atomic mass is 10.2. The van der Waals surface area contributed by atoms with Crippen molar-refractivity contribution in [3.63, 3.8) is 0 Å². The molecule has 1 heterocycles. The monoisotopic (exact) mass is 476 g/mol. The maximum absolute atomic E-state index is 12.4. The molecule has 0 saturated carbocycles. The average Bonchev–Trinajstić information content (AvgIpc) is 2.42. The van der Waals surface area contributed by atoms with Crippen molar-refractivity contribution in [1.29, 1.82) is 0 Å². The van der Waals surface area contributed by atoms with Crippen LogP contribution in [-0.2, 0) is 0 Å². The van der Waals surface area contributed by atoms with Gasteiger partial charge in [-0.1, -0.05) is 15.9 Å². The highest BCUT2D eigenvalue weighted by Crippen LogP contribution is 2.34. The van der Waals surface area contributed by atoms with Crippen LogP contribution in [0.25, 0.3) is 0 Å². The second-order valence-electron chi connectivity index (χ2n) is 4.21. The van der Waals surface area contributed by atoms with Gasteiger partial charge in [-0.25, -0.2) is 0 Å². The van der Waals surface area contributed by atoms with Crippen LogP contribution >= 0.6 is 47.8 Å². The van der Waals surface area contributed by atoms with Gasteiger partial charge < -0.3 is 10.7 Å². The van der Waals surface area contributed by atoms with Gasteiger partial charge in [-0.15, -0.1) is 0 Å². The predicted molar refractivity (Wildman–Crippen MR) is 94.3 cm³/mol. The molecule has 1 amide bonds.